The Hall–Kier alpha value is -2.20. The van der Waals surface area contributed by atoms with E-state index < -0.39 is 5.97 Å². The van der Waals surface area contributed by atoms with E-state index in [9.17, 15) is 4.79 Å². The summed E-state index contributed by atoms with van der Waals surface area (Å²) in [7, 11) is 0. The van der Waals surface area contributed by atoms with Crippen molar-refractivity contribution < 1.29 is 19.4 Å². The quantitative estimate of drug-likeness (QED) is 0.777. The minimum absolute atomic E-state index is 0.164. The van der Waals surface area contributed by atoms with E-state index in [1.807, 2.05) is 19.1 Å². The summed E-state index contributed by atoms with van der Waals surface area (Å²) >= 11 is 5.95. The maximum Gasteiger partial charge on any atom is 0.339 e. The molecular weight excluding hydrogens is 304 g/mol. The molecule has 0 spiro atoms. The largest absolute Gasteiger partial charge is 0.493 e. The lowest BCUT2D eigenvalue weighted by Gasteiger charge is -2.10. The fourth-order valence-electron chi connectivity index (χ4n) is 1.91. The smallest absolute Gasteiger partial charge is 0.339 e. The molecule has 2 rings (SSSR count). The summed E-state index contributed by atoms with van der Waals surface area (Å²) in [5.41, 5.74) is 1.13. The number of aryl methyl sites for hydroxylation is 1. The molecule has 2 aromatic rings. The molecule has 0 amide bonds. The molecule has 0 aromatic heterocycles. The van der Waals surface area contributed by atoms with Gasteiger partial charge in [-0.1, -0.05) is 23.7 Å². The monoisotopic (exact) mass is 320 g/mol. The molecule has 22 heavy (non-hydrogen) atoms. The van der Waals surface area contributed by atoms with Crippen LogP contribution in [0.15, 0.2) is 42.5 Å². The number of rotatable bonds is 7. The summed E-state index contributed by atoms with van der Waals surface area (Å²) in [6, 6.07) is 12.1. The van der Waals surface area contributed by atoms with E-state index in [0.717, 1.165) is 11.3 Å². The standard InChI is InChI=1S/C17H17ClO4/c1-12-11-13(7-8-15(12)18)21-9-4-10-22-16-6-3-2-5-14(16)17(19)20/h2-3,5-8,11H,4,9-10H2,1H3,(H,19,20). The minimum atomic E-state index is -0.997. The van der Waals surface area contributed by atoms with Gasteiger partial charge in [-0.3, -0.25) is 0 Å². The summed E-state index contributed by atoms with van der Waals surface area (Å²) in [6.07, 6.45) is 0.648. The molecule has 5 heteroatoms. The number of carboxylic acid groups (broad SMARTS) is 1. The normalized spacial score (nSPS) is 10.3. The number of para-hydroxylation sites is 1. The van der Waals surface area contributed by atoms with Crippen molar-refractivity contribution in [3.63, 3.8) is 0 Å². The zero-order valence-corrected chi connectivity index (χ0v) is 13.0. The highest BCUT2D eigenvalue weighted by Gasteiger charge is 2.09. The van der Waals surface area contributed by atoms with Crippen LogP contribution in [0.1, 0.15) is 22.3 Å². The molecule has 0 bridgehead atoms. The zero-order chi connectivity index (χ0) is 15.9. The second-order valence-electron chi connectivity index (χ2n) is 4.76. The van der Waals surface area contributed by atoms with Crippen molar-refractivity contribution in [1.82, 2.24) is 0 Å². The summed E-state index contributed by atoms with van der Waals surface area (Å²) in [4.78, 5) is 11.0. The molecule has 0 unspecified atom stereocenters. The fourth-order valence-corrected chi connectivity index (χ4v) is 2.02. The molecule has 0 fully saturated rings. The number of halogens is 1. The van der Waals surface area contributed by atoms with E-state index in [2.05, 4.69) is 0 Å². The first-order chi connectivity index (χ1) is 10.6. The molecule has 1 N–H and O–H groups in total. The fraction of sp³-hybridized carbons (Fsp3) is 0.235. The van der Waals surface area contributed by atoms with E-state index in [4.69, 9.17) is 26.2 Å². The predicted molar refractivity (Wildman–Crippen MR) is 85.2 cm³/mol. The van der Waals surface area contributed by atoms with Crippen LogP contribution in [0.3, 0.4) is 0 Å². The highest BCUT2D eigenvalue weighted by atomic mass is 35.5. The second kappa shape index (κ2) is 7.71. The third-order valence-corrected chi connectivity index (χ3v) is 3.49. The average Bonchev–Trinajstić information content (AvgIpc) is 2.50. The topological polar surface area (TPSA) is 55.8 Å². The number of hydrogen-bond donors (Lipinski definition) is 1. The van der Waals surface area contributed by atoms with Crippen LogP contribution in [0, 0.1) is 6.92 Å². The maximum atomic E-state index is 11.0. The van der Waals surface area contributed by atoms with Crippen LogP contribution in [-0.2, 0) is 0 Å². The van der Waals surface area contributed by atoms with Gasteiger partial charge < -0.3 is 14.6 Å². The van der Waals surface area contributed by atoms with Gasteiger partial charge in [0.15, 0.2) is 0 Å². The first-order valence-corrected chi connectivity index (χ1v) is 7.30. The van der Waals surface area contributed by atoms with E-state index in [1.165, 1.54) is 6.07 Å². The Labute approximate surface area is 134 Å². The average molecular weight is 321 g/mol. The molecule has 116 valence electrons. The highest BCUT2D eigenvalue weighted by molar-refractivity contribution is 6.31. The minimum Gasteiger partial charge on any atom is -0.493 e. The lowest BCUT2D eigenvalue weighted by atomic mass is 10.2. The zero-order valence-electron chi connectivity index (χ0n) is 12.2. The Kier molecular flexibility index (Phi) is 5.67. The van der Waals surface area contributed by atoms with Gasteiger partial charge in [0.2, 0.25) is 0 Å². The second-order valence-corrected chi connectivity index (χ2v) is 5.17. The van der Waals surface area contributed by atoms with Crippen molar-refractivity contribution in [2.75, 3.05) is 13.2 Å². The third kappa shape index (κ3) is 4.40. The molecule has 0 heterocycles. The van der Waals surface area contributed by atoms with Gasteiger partial charge in [-0.05, 0) is 42.8 Å². The predicted octanol–water partition coefficient (Wildman–Crippen LogP) is 4.19. The molecule has 0 radical (unpaired) electrons. The van der Waals surface area contributed by atoms with Crippen molar-refractivity contribution in [1.29, 1.82) is 0 Å². The Morgan fingerprint density at radius 2 is 1.86 bits per heavy atom. The maximum absolute atomic E-state index is 11.0. The number of aromatic carboxylic acids is 1. The summed E-state index contributed by atoms with van der Waals surface area (Å²) < 4.78 is 11.1. The first kappa shape index (κ1) is 16.2. The Bertz CT molecular complexity index is 655. The van der Waals surface area contributed by atoms with Crippen LogP contribution in [-0.4, -0.2) is 24.3 Å². The number of benzene rings is 2. The Morgan fingerprint density at radius 1 is 1.14 bits per heavy atom. The van der Waals surface area contributed by atoms with Crippen molar-refractivity contribution in [3.8, 4) is 11.5 Å². The van der Waals surface area contributed by atoms with Crippen molar-refractivity contribution in [2.24, 2.45) is 0 Å². The van der Waals surface area contributed by atoms with Crippen LogP contribution >= 0.6 is 11.6 Å². The van der Waals surface area contributed by atoms with E-state index >= 15 is 0 Å². The van der Waals surface area contributed by atoms with Crippen LogP contribution in [0.4, 0.5) is 0 Å². The SMILES string of the molecule is Cc1cc(OCCCOc2ccccc2C(=O)O)ccc1Cl. The number of ether oxygens (including phenoxy) is 2. The first-order valence-electron chi connectivity index (χ1n) is 6.92. The number of carbonyl (C=O) groups is 1. The lowest BCUT2D eigenvalue weighted by Crippen LogP contribution is -2.07. The molecule has 0 saturated carbocycles. The van der Waals surface area contributed by atoms with Gasteiger partial charge >= 0.3 is 5.97 Å². The van der Waals surface area contributed by atoms with E-state index in [-0.39, 0.29) is 5.56 Å². The summed E-state index contributed by atoms with van der Waals surface area (Å²) in [5.74, 6) is 0.133. The van der Waals surface area contributed by atoms with Crippen LogP contribution in [0.5, 0.6) is 11.5 Å². The molecule has 0 aliphatic rings. The van der Waals surface area contributed by atoms with Gasteiger partial charge in [-0.25, -0.2) is 4.79 Å². The van der Waals surface area contributed by atoms with Gasteiger partial charge in [-0.15, -0.1) is 0 Å². The Balaban J connectivity index is 1.78. The lowest BCUT2D eigenvalue weighted by molar-refractivity contribution is 0.0692. The van der Waals surface area contributed by atoms with Crippen molar-refractivity contribution in [3.05, 3.63) is 58.6 Å². The molecule has 0 aliphatic carbocycles. The van der Waals surface area contributed by atoms with Gasteiger partial charge in [0, 0.05) is 11.4 Å². The van der Waals surface area contributed by atoms with Gasteiger partial charge in [0.1, 0.15) is 17.1 Å². The molecule has 2 aromatic carbocycles. The van der Waals surface area contributed by atoms with Crippen LogP contribution in [0.25, 0.3) is 0 Å². The van der Waals surface area contributed by atoms with Crippen molar-refractivity contribution in [2.45, 2.75) is 13.3 Å². The van der Waals surface area contributed by atoms with Gasteiger partial charge in [0.05, 0.1) is 13.2 Å². The summed E-state index contributed by atoms with van der Waals surface area (Å²) in [5, 5.41) is 9.76. The number of hydrogen-bond acceptors (Lipinski definition) is 3. The van der Waals surface area contributed by atoms with Crippen LogP contribution < -0.4 is 9.47 Å². The number of carboxylic acids is 1. The highest BCUT2D eigenvalue weighted by Crippen LogP contribution is 2.21. The van der Waals surface area contributed by atoms with Crippen LogP contribution in [0.2, 0.25) is 5.02 Å². The molecule has 0 aliphatic heterocycles. The molecule has 4 nitrogen and oxygen atoms in total. The van der Waals surface area contributed by atoms with E-state index in [0.29, 0.717) is 30.4 Å². The van der Waals surface area contributed by atoms with Crippen molar-refractivity contribution >= 4 is 17.6 Å². The Morgan fingerprint density at radius 3 is 2.59 bits per heavy atom. The van der Waals surface area contributed by atoms with Gasteiger partial charge in [-0.2, -0.15) is 0 Å². The van der Waals surface area contributed by atoms with E-state index in [1.54, 1.807) is 24.3 Å². The molecule has 0 saturated heterocycles. The summed E-state index contributed by atoms with van der Waals surface area (Å²) in [6.45, 7) is 2.79. The molecule has 0 atom stereocenters. The third-order valence-electron chi connectivity index (χ3n) is 3.06. The van der Waals surface area contributed by atoms with Gasteiger partial charge in [0.25, 0.3) is 0 Å². The molecular formula is C17H17ClO4.